The molecule has 2 aromatic rings. The molecular weight excluding hydrogens is 207 g/mol. The van der Waals surface area contributed by atoms with Gasteiger partial charge < -0.3 is 9.15 Å². The molecule has 1 aromatic carbocycles. The Morgan fingerprint density at radius 2 is 2.00 bits per heavy atom. The van der Waals surface area contributed by atoms with Gasteiger partial charge in [-0.25, -0.2) is 4.39 Å². The van der Waals surface area contributed by atoms with E-state index in [2.05, 4.69) is 0 Å². The molecule has 0 fully saturated rings. The molecule has 0 N–H and O–H groups in total. The van der Waals surface area contributed by atoms with Gasteiger partial charge in [0.1, 0.15) is 29.7 Å². The molecule has 0 saturated carbocycles. The molecule has 84 valence electrons. The second-order valence-electron chi connectivity index (χ2n) is 3.71. The van der Waals surface area contributed by atoms with Gasteiger partial charge in [-0.05, 0) is 37.6 Å². The number of aryl methyl sites for hydroxylation is 2. The Balaban J connectivity index is 2.07. The van der Waals surface area contributed by atoms with Gasteiger partial charge in [0, 0.05) is 6.07 Å². The molecule has 3 heteroatoms. The Morgan fingerprint density at radius 3 is 2.69 bits per heavy atom. The van der Waals surface area contributed by atoms with Crippen LogP contribution in [0.3, 0.4) is 0 Å². The van der Waals surface area contributed by atoms with Gasteiger partial charge in [0.2, 0.25) is 0 Å². The fourth-order valence-electron chi connectivity index (χ4n) is 1.44. The van der Waals surface area contributed by atoms with Crippen molar-refractivity contribution < 1.29 is 13.5 Å². The fraction of sp³-hybridized carbons (Fsp3) is 0.231. The van der Waals surface area contributed by atoms with Crippen molar-refractivity contribution in [1.82, 2.24) is 0 Å². The van der Waals surface area contributed by atoms with Gasteiger partial charge in [0.15, 0.2) is 0 Å². The van der Waals surface area contributed by atoms with E-state index in [0.29, 0.717) is 12.4 Å². The van der Waals surface area contributed by atoms with Crippen LogP contribution < -0.4 is 4.74 Å². The predicted molar refractivity (Wildman–Crippen MR) is 58.9 cm³/mol. The summed E-state index contributed by atoms with van der Waals surface area (Å²) in [7, 11) is 0. The van der Waals surface area contributed by atoms with Crippen molar-refractivity contribution in [2.24, 2.45) is 0 Å². The number of hydrogen-bond acceptors (Lipinski definition) is 2. The molecule has 2 nitrogen and oxygen atoms in total. The third-order valence-electron chi connectivity index (χ3n) is 2.32. The quantitative estimate of drug-likeness (QED) is 0.788. The average molecular weight is 220 g/mol. The standard InChI is InChI=1S/C13H13FO2/c1-9-3-5-11(14)7-13(9)15-8-12-6-4-10(2)16-12/h3-7H,8H2,1-2H3. The van der Waals surface area contributed by atoms with Crippen LogP contribution in [-0.2, 0) is 6.61 Å². The summed E-state index contributed by atoms with van der Waals surface area (Å²) in [4.78, 5) is 0. The van der Waals surface area contributed by atoms with Crippen molar-refractivity contribution in [3.05, 3.63) is 53.2 Å². The van der Waals surface area contributed by atoms with Gasteiger partial charge in [0.25, 0.3) is 0 Å². The van der Waals surface area contributed by atoms with Crippen LogP contribution in [0, 0.1) is 19.7 Å². The van der Waals surface area contributed by atoms with Crippen LogP contribution in [0.4, 0.5) is 4.39 Å². The van der Waals surface area contributed by atoms with Crippen LogP contribution in [0.2, 0.25) is 0 Å². The van der Waals surface area contributed by atoms with Crippen LogP contribution in [0.5, 0.6) is 5.75 Å². The zero-order valence-electron chi connectivity index (χ0n) is 9.29. The lowest BCUT2D eigenvalue weighted by Crippen LogP contribution is -1.96. The molecular formula is C13H13FO2. The zero-order chi connectivity index (χ0) is 11.5. The smallest absolute Gasteiger partial charge is 0.146 e. The van der Waals surface area contributed by atoms with Crippen molar-refractivity contribution in [3.63, 3.8) is 0 Å². The second kappa shape index (κ2) is 4.39. The molecule has 0 aliphatic carbocycles. The third kappa shape index (κ3) is 2.42. The van der Waals surface area contributed by atoms with Gasteiger partial charge in [-0.15, -0.1) is 0 Å². The molecule has 0 aliphatic heterocycles. The Labute approximate surface area is 93.7 Å². The van der Waals surface area contributed by atoms with E-state index in [1.54, 1.807) is 6.07 Å². The summed E-state index contributed by atoms with van der Waals surface area (Å²) >= 11 is 0. The summed E-state index contributed by atoms with van der Waals surface area (Å²) in [6.45, 7) is 4.07. The van der Waals surface area contributed by atoms with E-state index in [4.69, 9.17) is 9.15 Å². The zero-order valence-corrected chi connectivity index (χ0v) is 9.29. The lowest BCUT2D eigenvalue weighted by molar-refractivity contribution is 0.265. The highest BCUT2D eigenvalue weighted by Crippen LogP contribution is 2.20. The lowest BCUT2D eigenvalue weighted by atomic mass is 10.2. The van der Waals surface area contributed by atoms with E-state index < -0.39 is 0 Å². The largest absolute Gasteiger partial charge is 0.485 e. The van der Waals surface area contributed by atoms with Crippen molar-refractivity contribution in [2.75, 3.05) is 0 Å². The summed E-state index contributed by atoms with van der Waals surface area (Å²) in [6, 6.07) is 8.21. The normalized spacial score (nSPS) is 10.4. The molecule has 0 amide bonds. The Kier molecular flexibility index (Phi) is 2.95. The first-order valence-corrected chi connectivity index (χ1v) is 5.09. The van der Waals surface area contributed by atoms with Crippen molar-refractivity contribution in [2.45, 2.75) is 20.5 Å². The Bertz CT molecular complexity index is 488. The summed E-state index contributed by atoms with van der Waals surface area (Å²) in [5.74, 6) is 1.83. The lowest BCUT2D eigenvalue weighted by Gasteiger charge is -2.07. The van der Waals surface area contributed by atoms with Gasteiger partial charge in [-0.1, -0.05) is 6.07 Å². The molecule has 16 heavy (non-hydrogen) atoms. The Hall–Kier alpha value is -1.77. The first kappa shape index (κ1) is 10.7. The summed E-state index contributed by atoms with van der Waals surface area (Å²) < 4.78 is 23.8. The summed E-state index contributed by atoms with van der Waals surface area (Å²) in [5, 5.41) is 0. The maximum absolute atomic E-state index is 13.0. The molecule has 1 aromatic heterocycles. The number of benzene rings is 1. The van der Waals surface area contributed by atoms with E-state index in [0.717, 1.165) is 17.1 Å². The predicted octanol–water partition coefficient (Wildman–Crippen LogP) is 3.61. The third-order valence-corrected chi connectivity index (χ3v) is 2.32. The number of furan rings is 1. The van der Waals surface area contributed by atoms with E-state index >= 15 is 0 Å². The maximum atomic E-state index is 13.0. The second-order valence-corrected chi connectivity index (χ2v) is 3.71. The van der Waals surface area contributed by atoms with Crippen LogP contribution in [0.15, 0.2) is 34.7 Å². The molecule has 2 rings (SSSR count). The van der Waals surface area contributed by atoms with Crippen LogP contribution in [0.25, 0.3) is 0 Å². The maximum Gasteiger partial charge on any atom is 0.146 e. The fourth-order valence-corrected chi connectivity index (χ4v) is 1.44. The molecule has 0 bridgehead atoms. The van der Waals surface area contributed by atoms with Crippen molar-refractivity contribution >= 4 is 0 Å². The van der Waals surface area contributed by atoms with Crippen molar-refractivity contribution in [1.29, 1.82) is 0 Å². The minimum absolute atomic E-state index is 0.295. The van der Waals surface area contributed by atoms with Gasteiger partial charge >= 0.3 is 0 Å². The van der Waals surface area contributed by atoms with Crippen LogP contribution in [-0.4, -0.2) is 0 Å². The summed E-state index contributed by atoms with van der Waals surface area (Å²) in [5.41, 5.74) is 0.907. The average Bonchev–Trinajstić information content (AvgIpc) is 2.66. The number of hydrogen-bond donors (Lipinski definition) is 0. The van der Waals surface area contributed by atoms with Gasteiger partial charge in [-0.3, -0.25) is 0 Å². The highest BCUT2D eigenvalue weighted by molar-refractivity contribution is 5.32. The molecule has 0 atom stereocenters. The van der Waals surface area contributed by atoms with E-state index in [1.165, 1.54) is 12.1 Å². The molecule has 0 unspecified atom stereocenters. The Morgan fingerprint density at radius 1 is 1.19 bits per heavy atom. The van der Waals surface area contributed by atoms with Crippen LogP contribution in [0.1, 0.15) is 17.1 Å². The number of rotatable bonds is 3. The SMILES string of the molecule is Cc1ccc(COc2cc(F)ccc2C)o1. The first-order chi connectivity index (χ1) is 7.65. The monoisotopic (exact) mass is 220 g/mol. The van der Waals surface area contributed by atoms with Crippen LogP contribution >= 0.6 is 0 Å². The molecule has 0 radical (unpaired) electrons. The highest BCUT2D eigenvalue weighted by Gasteiger charge is 2.04. The topological polar surface area (TPSA) is 22.4 Å². The molecule has 0 aliphatic rings. The van der Waals surface area contributed by atoms with Gasteiger partial charge in [0.05, 0.1) is 0 Å². The van der Waals surface area contributed by atoms with Gasteiger partial charge in [-0.2, -0.15) is 0 Å². The molecule has 0 spiro atoms. The molecule has 1 heterocycles. The minimum Gasteiger partial charge on any atom is -0.485 e. The van der Waals surface area contributed by atoms with Crippen molar-refractivity contribution in [3.8, 4) is 5.75 Å². The highest BCUT2D eigenvalue weighted by atomic mass is 19.1. The van der Waals surface area contributed by atoms with E-state index in [1.807, 2.05) is 26.0 Å². The summed E-state index contributed by atoms with van der Waals surface area (Å²) in [6.07, 6.45) is 0. The van der Waals surface area contributed by atoms with E-state index in [9.17, 15) is 4.39 Å². The van der Waals surface area contributed by atoms with E-state index in [-0.39, 0.29) is 5.82 Å². The first-order valence-electron chi connectivity index (χ1n) is 5.09. The molecule has 0 saturated heterocycles. The number of ether oxygens (including phenoxy) is 1. The minimum atomic E-state index is -0.295. The number of halogens is 1.